The molecule has 0 radical (unpaired) electrons. The van der Waals surface area contributed by atoms with Gasteiger partial charge in [0.25, 0.3) is 11.5 Å². The minimum atomic E-state index is -0.279. The monoisotopic (exact) mass is 447 g/mol. The predicted molar refractivity (Wildman–Crippen MR) is 126 cm³/mol. The Morgan fingerprint density at radius 2 is 1.91 bits per heavy atom. The zero-order valence-corrected chi connectivity index (χ0v) is 19.1. The number of fused-ring (bicyclic) bond motifs is 2. The lowest BCUT2D eigenvalue weighted by Gasteiger charge is -2.18. The fourth-order valence-electron chi connectivity index (χ4n) is 4.88. The molecule has 0 unspecified atom stereocenters. The van der Waals surface area contributed by atoms with E-state index < -0.39 is 0 Å². The molecule has 33 heavy (non-hydrogen) atoms. The topological polar surface area (TPSA) is 82.5 Å². The highest BCUT2D eigenvalue weighted by atomic mass is 16.5. The smallest absolute Gasteiger partial charge is 0.274 e. The van der Waals surface area contributed by atoms with Crippen molar-refractivity contribution in [3.05, 3.63) is 64.1 Å². The molecule has 1 fully saturated rings. The largest absolute Gasteiger partial charge is 0.483 e. The third kappa shape index (κ3) is 4.32. The van der Waals surface area contributed by atoms with Crippen molar-refractivity contribution in [3.8, 4) is 11.5 Å². The van der Waals surface area contributed by atoms with Gasteiger partial charge < -0.3 is 14.8 Å². The molecule has 2 heterocycles. The van der Waals surface area contributed by atoms with Gasteiger partial charge in [-0.15, -0.1) is 0 Å². The van der Waals surface area contributed by atoms with Crippen LogP contribution in [0.4, 0.5) is 0 Å². The van der Waals surface area contributed by atoms with Gasteiger partial charge in [0, 0.05) is 17.4 Å². The van der Waals surface area contributed by atoms with Crippen molar-refractivity contribution < 1.29 is 14.3 Å². The van der Waals surface area contributed by atoms with Gasteiger partial charge in [0.1, 0.15) is 5.60 Å². The third-order valence-corrected chi connectivity index (χ3v) is 6.44. The number of benzene rings is 2. The van der Waals surface area contributed by atoms with E-state index >= 15 is 0 Å². The standard InChI is InChI=1S/C26H29N3O4/c1-26(2)14-17-8-7-13-22(24(17)33-26)32-16-23(30)27-15-21-19-11-5-6-12-20(19)25(31)29(28-21)18-9-3-4-10-18/h5-8,11-13,18H,3-4,9-10,14-16H2,1-2H3,(H,27,30). The Labute approximate surface area is 192 Å². The maximum Gasteiger partial charge on any atom is 0.274 e. The number of para-hydroxylation sites is 1. The zero-order chi connectivity index (χ0) is 23.0. The number of rotatable bonds is 6. The second kappa shape index (κ2) is 8.54. The molecule has 3 aromatic rings. The molecule has 0 saturated heterocycles. The van der Waals surface area contributed by atoms with Crippen LogP contribution in [0.5, 0.6) is 11.5 Å². The first-order chi connectivity index (χ1) is 15.9. The lowest BCUT2D eigenvalue weighted by molar-refractivity contribution is -0.123. The molecule has 7 nitrogen and oxygen atoms in total. The molecule has 7 heteroatoms. The molecule has 1 saturated carbocycles. The van der Waals surface area contributed by atoms with Crippen molar-refractivity contribution >= 4 is 16.7 Å². The van der Waals surface area contributed by atoms with Gasteiger partial charge in [-0.2, -0.15) is 5.10 Å². The zero-order valence-electron chi connectivity index (χ0n) is 19.1. The summed E-state index contributed by atoms with van der Waals surface area (Å²) in [5, 5.41) is 8.98. The van der Waals surface area contributed by atoms with Gasteiger partial charge in [0.2, 0.25) is 0 Å². The lowest BCUT2D eigenvalue weighted by atomic mass is 10.0. The summed E-state index contributed by atoms with van der Waals surface area (Å²) < 4.78 is 13.4. The van der Waals surface area contributed by atoms with Gasteiger partial charge >= 0.3 is 0 Å². The van der Waals surface area contributed by atoms with Crippen LogP contribution in [0.25, 0.3) is 10.8 Å². The molecule has 1 amide bonds. The number of amides is 1. The van der Waals surface area contributed by atoms with Gasteiger partial charge in [-0.3, -0.25) is 9.59 Å². The molecular formula is C26H29N3O4. The molecule has 1 N–H and O–H groups in total. The SMILES string of the molecule is CC1(C)Cc2cccc(OCC(=O)NCc3nn(C4CCCC4)c(=O)c4ccccc34)c2O1. The lowest BCUT2D eigenvalue weighted by Crippen LogP contribution is -2.32. The van der Waals surface area contributed by atoms with Crippen molar-refractivity contribution in [2.75, 3.05) is 6.61 Å². The molecule has 0 bridgehead atoms. The van der Waals surface area contributed by atoms with Gasteiger partial charge in [-0.05, 0) is 38.8 Å². The summed E-state index contributed by atoms with van der Waals surface area (Å²) in [4.78, 5) is 25.6. The van der Waals surface area contributed by atoms with Gasteiger partial charge in [-0.1, -0.05) is 43.2 Å². The highest BCUT2D eigenvalue weighted by Crippen LogP contribution is 2.41. The van der Waals surface area contributed by atoms with Crippen LogP contribution < -0.4 is 20.3 Å². The number of nitrogens with zero attached hydrogens (tertiary/aromatic N) is 2. The van der Waals surface area contributed by atoms with E-state index in [2.05, 4.69) is 10.4 Å². The summed E-state index contributed by atoms with van der Waals surface area (Å²) in [5.74, 6) is 1.03. The molecule has 1 aromatic heterocycles. The quantitative estimate of drug-likeness (QED) is 0.619. The Balaban J connectivity index is 1.30. The third-order valence-electron chi connectivity index (χ3n) is 6.44. The van der Waals surface area contributed by atoms with Crippen molar-refractivity contribution in [3.63, 3.8) is 0 Å². The molecule has 1 aliphatic heterocycles. The average Bonchev–Trinajstić information content (AvgIpc) is 3.44. The molecule has 1 aliphatic carbocycles. The number of nitrogens with one attached hydrogen (secondary N) is 1. The van der Waals surface area contributed by atoms with Crippen LogP contribution in [-0.2, 0) is 17.8 Å². The normalized spacial score (nSPS) is 17.0. The summed E-state index contributed by atoms with van der Waals surface area (Å²) in [6.07, 6.45) is 4.95. The van der Waals surface area contributed by atoms with Crippen molar-refractivity contribution in [1.82, 2.24) is 15.1 Å². The van der Waals surface area contributed by atoms with E-state index in [0.717, 1.165) is 43.1 Å². The second-order valence-corrected chi connectivity index (χ2v) is 9.53. The number of ether oxygens (including phenoxy) is 2. The Morgan fingerprint density at radius 3 is 2.70 bits per heavy atom. The minimum Gasteiger partial charge on any atom is -0.483 e. The van der Waals surface area contributed by atoms with E-state index in [0.29, 0.717) is 22.6 Å². The molecule has 2 aliphatic rings. The average molecular weight is 448 g/mol. The summed E-state index contributed by atoms with van der Waals surface area (Å²) in [7, 11) is 0. The summed E-state index contributed by atoms with van der Waals surface area (Å²) in [6.45, 7) is 4.17. The number of aromatic nitrogens is 2. The predicted octanol–water partition coefficient (Wildman–Crippen LogP) is 3.92. The number of carbonyl (C=O) groups excluding carboxylic acids is 1. The van der Waals surface area contributed by atoms with Crippen LogP contribution in [0, 0.1) is 0 Å². The first kappa shape index (κ1) is 21.5. The molecule has 5 rings (SSSR count). The van der Waals surface area contributed by atoms with Crippen molar-refractivity contribution in [1.29, 1.82) is 0 Å². The maximum atomic E-state index is 13.0. The second-order valence-electron chi connectivity index (χ2n) is 9.53. The van der Waals surface area contributed by atoms with Crippen LogP contribution in [0.3, 0.4) is 0 Å². The highest BCUT2D eigenvalue weighted by Gasteiger charge is 2.32. The molecular weight excluding hydrogens is 418 g/mol. The van der Waals surface area contributed by atoms with Gasteiger partial charge in [0.15, 0.2) is 18.1 Å². The Hall–Kier alpha value is -3.35. The van der Waals surface area contributed by atoms with Crippen LogP contribution >= 0.6 is 0 Å². The van der Waals surface area contributed by atoms with E-state index in [1.165, 1.54) is 0 Å². The van der Waals surface area contributed by atoms with Crippen LogP contribution in [0.1, 0.15) is 56.8 Å². The van der Waals surface area contributed by atoms with E-state index in [-0.39, 0.29) is 36.3 Å². The minimum absolute atomic E-state index is 0.0585. The summed E-state index contributed by atoms with van der Waals surface area (Å²) in [5.41, 5.74) is 1.44. The molecule has 2 aromatic carbocycles. The fourth-order valence-corrected chi connectivity index (χ4v) is 4.88. The fraction of sp³-hybridized carbons (Fsp3) is 0.423. The molecule has 0 atom stereocenters. The van der Waals surface area contributed by atoms with Gasteiger partial charge in [-0.25, -0.2) is 4.68 Å². The number of hydrogen-bond donors (Lipinski definition) is 1. The highest BCUT2D eigenvalue weighted by molar-refractivity contribution is 5.84. The summed E-state index contributed by atoms with van der Waals surface area (Å²) >= 11 is 0. The van der Waals surface area contributed by atoms with Crippen LogP contribution in [-0.4, -0.2) is 27.9 Å². The number of carbonyl (C=O) groups is 1. The Kier molecular flexibility index (Phi) is 5.56. The maximum absolute atomic E-state index is 13.0. The van der Waals surface area contributed by atoms with E-state index in [1.807, 2.05) is 56.3 Å². The first-order valence-corrected chi connectivity index (χ1v) is 11.6. The Bertz CT molecular complexity index is 1260. The van der Waals surface area contributed by atoms with Gasteiger partial charge in [0.05, 0.1) is 23.7 Å². The first-order valence-electron chi connectivity index (χ1n) is 11.6. The van der Waals surface area contributed by atoms with E-state index in [9.17, 15) is 9.59 Å². The van der Waals surface area contributed by atoms with Crippen molar-refractivity contribution in [2.24, 2.45) is 0 Å². The molecule has 0 spiro atoms. The van der Waals surface area contributed by atoms with Crippen LogP contribution in [0.2, 0.25) is 0 Å². The Morgan fingerprint density at radius 1 is 1.15 bits per heavy atom. The van der Waals surface area contributed by atoms with Crippen LogP contribution in [0.15, 0.2) is 47.3 Å². The number of hydrogen-bond acceptors (Lipinski definition) is 5. The summed E-state index contributed by atoms with van der Waals surface area (Å²) in [6, 6.07) is 13.3. The molecule has 172 valence electrons. The van der Waals surface area contributed by atoms with Crippen molar-refractivity contribution in [2.45, 2.75) is 64.1 Å². The van der Waals surface area contributed by atoms with E-state index in [1.54, 1.807) is 4.68 Å². The van der Waals surface area contributed by atoms with E-state index in [4.69, 9.17) is 9.47 Å².